The van der Waals surface area contributed by atoms with Crippen molar-refractivity contribution in [2.24, 2.45) is 0 Å². The highest BCUT2D eigenvalue weighted by Crippen LogP contribution is 2.41. The first kappa shape index (κ1) is 26.2. The number of pyridine rings is 3. The fraction of sp³-hybridized carbons (Fsp3) is 0. The second kappa shape index (κ2) is 10.8. The zero-order chi connectivity index (χ0) is 30.5. The van der Waals surface area contributed by atoms with E-state index in [1.165, 1.54) is 38.1 Å². The van der Waals surface area contributed by atoms with Crippen molar-refractivity contribution in [3.8, 4) is 44.9 Å². The van der Waals surface area contributed by atoms with Crippen molar-refractivity contribution in [3.05, 3.63) is 164 Å². The number of fused-ring (bicyclic) bond motifs is 5. The zero-order valence-electron chi connectivity index (χ0n) is 24.9. The van der Waals surface area contributed by atoms with Crippen molar-refractivity contribution >= 4 is 43.2 Å². The number of hydrogen-bond donors (Lipinski definition) is 0. The molecule has 3 nitrogen and oxygen atoms in total. The predicted octanol–water partition coefficient (Wildman–Crippen LogP) is 11.2. The van der Waals surface area contributed by atoms with E-state index in [2.05, 4.69) is 138 Å². The van der Waals surface area contributed by atoms with E-state index in [1.807, 2.05) is 24.4 Å². The van der Waals surface area contributed by atoms with E-state index in [1.54, 1.807) is 6.20 Å². The normalized spacial score (nSPS) is 11.5. The predicted molar refractivity (Wildman–Crippen MR) is 192 cm³/mol. The lowest BCUT2D eigenvalue weighted by molar-refractivity contribution is 1.25. The molecule has 0 fully saturated rings. The largest absolute Gasteiger partial charge is 0.255 e. The topological polar surface area (TPSA) is 38.7 Å². The van der Waals surface area contributed by atoms with Gasteiger partial charge in [-0.2, -0.15) is 0 Å². The minimum atomic E-state index is 0.847. The third-order valence-corrected chi connectivity index (χ3v) is 8.93. The van der Waals surface area contributed by atoms with Crippen LogP contribution in [0.3, 0.4) is 0 Å². The summed E-state index contributed by atoms with van der Waals surface area (Å²) >= 11 is 0. The fourth-order valence-corrected chi connectivity index (χ4v) is 6.60. The Bertz CT molecular complexity index is 2570. The van der Waals surface area contributed by atoms with Crippen molar-refractivity contribution in [2.45, 2.75) is 0 Å². The first-order chi connectivity index (χ1) is 22.8. The second-order valence-electron chi connectivity index (χ2n) is 11.7. The molecule has 3 heterocycles. The molecule has 0 saturated carbocycles. The summed E-state index contributed by atoms with van der Waals surface area (Å²) < 4.78 is 0. The number of aromatic nitrogens is 3. The molecule has 0 spiro atoms. The van der Waals surface area contributed by atoms with Gasteiger partial charge in [0.15, 0.2) is 0 Å². The molecule has 0 aliphatic rings. The SMILES string of the molecule is c1ccc(-c2ccc(-c3cc(-c4ccc5ccccc5c4)nc4c3cc(-c3ccc5ccccc5c3)c3ccccc34)cn2)nc1. The third-order valence-electron chi connectivity index (χ3n) is 8.93. The Morgan fingerprint density at radius 3 is 1.67 bits per heavy atom. The van der Waals surface area contributed by atoms with Gasteiger partial charge in [-0.3, -0.25) is 9.97 Å². The van der Waals surface area contributed by atoms with E-state index in [9.17, 15) is 0 Å². The number of nitrogens with zero attached hydrogens (tertiary/aromatic N) is 3. The van der Waals surface area contributed by atoms with E-state index in [-0.39, 0.29) is 0 Å². The van der Waals surface area contributed by atoms with Crippen LogP contribution in [0.4, 0.5) is 0 Å². The lowest BCUT2D eigenvalue weighted by Gasteiger charge is -2.16. The molecule has 46 heavy (non-hydrogen) atoms. The molecule has 0 radical (unpaired) electrons. The average molecular weight is 586 g/mol. The van der Waals surface area contributed by atoms with E-state index in [0.717, 1.165) is 50.1 Å². The van der Waals surface area contributed by atoms with E-state index in [0.29, 0.717) is 0 Å². The highest BCUT2D eigenvalue weighted by atomic mass is 14.8. The van der Waals surface area contributed by atoms with Crippen LogP contribution in [0.1, 0.15) is 0 Å². The maximum Gasteiger partial charge on any atom is 0.0886 e. The molecule has 0 saturated heterocycles. The maximum absolute atomic E-state index is 5.39. The minimum absolute atomic E-state index is 0.847. The van der Waals surface area contributed by atoms with Crippen molar-refractivity contribution < 1.29 is 0 Å². The Hall–Kier alpha value is -6.19. The van der Waals surface area contributed by atoms with E-state index >= 15 is 0 Å². The summed E-state index contributed by atoms with van der Waals surface area (Å²) in [5, 5.41) is 8.28. The summed E-state index contributed by atoms with van der Waals surface area (Å²) in [6, 6.07) is 53.6. The molecule has 9 aromatic rings. The second-order valence-corrected chi connectivity index (χ2v) is 11.7. The van der Waals surface area contributed by atoms with Gasteiger partial charge >= 0.3 is 0 Å². The van der Waals surface area contributed by atoms with Crippen LogP contribution in [-0.2, 0) is 0 Å². The summed E-state index contributed by atoms with van der Waals surface area (Å²) in [6.07, 6.45) is 3.77. The standard InChI is InChI=1S/C43H27N3/c1-3-11-30-23-32(18-16-28(30)9-1)37-25-39-38(34-20-21-41(45-27-34)40-15-7-8-22-44-40)26-42(46-43(39)36-14-6-5-13-35(36)37)33-19-17-29-10-2-4-12-31(29)24-33/h1-27H. The van der Waals surface area contributed by atoms with E-state index < -0.39 is 0 Å². The molecule has 214 valence electrons. The molecule has 0 amide bonds. The lowest BCUT2D eigenvalue weighted by Crippen LogP contribution is -1.94. The number of hydrogen-bond acceptors (Lipinski definition) is 3. The van der Waals surface area contributed by atoms with Crippen molar-refractivity contribution in [1.29, 1.82) is 0 Å². The molecule has 3 aromatic heterocycles. The van der Waals surface area contributed by atoms with Gasteiger partial charge in [0.25, 0.3) is 0 Å². The maximum atomic E-state index is 5.39. The van der Waals surface area contributed by atoms with Crippen LogP contribution in [0.15, 0.2) is 164 Å². The quantitative estimate of drug-likeness (QED) is 0.193. The van der Waals surface area contributed by atoms with E-state index in [4.69, 9.17) is 9.97 Å². The summed E-state index contributed by atoms with van der Waals surface area (Å²) in [7, 11) is 0. The van der Waals surface area contributed by atoms with Gasteiger partial charge in [0.05, 0.1) is 22.6 Å². The molecule has 0 bridgehead atoms. The number of benzene rings is 6. The van der Waals surface area contributed by atoms with Crippen LogP contribution in [0.2, 0.25) is 0 Å². The fourth-order valence-electron chi connectivity index (χ4n) is 6.60. The van der Waals surface area contributed by atoms with Gasteiger partial charge in [-0.15, -0.1) is 0 Å². The Morgan fingerprint density at radius 1 is 0.348 bits per heavy atom. The molecule has 9 rings (SSSR count). The van der Waals surface area contributed by atoms with Crippen LogP contribution in [0.5, 0.6) is 0 Å². The van der Waals surface area contributed by atoms with Crippen LogP contribution in [0, 0.1) is 0 Å². The number of rotatable bonds is 4. The van der Waals surface area contributed by atoms with Gasteiger partial charge in [-0.1, -0.05) is 109 Å². The molecule has 3 heteroatoms. The van der Waals surface area contributed by atoms with Gasteiger partial charge in [0, 0.05) is 34.3 Å². The third kappa shape index (κ3) is 4.49. The van der Waals surface area contributed by atoms with Gasteiger partial charge in [-0.25, -0.2) is 4.98 Å². The highest BCUT2D eigenvalue weighted by Gasteiger charge is 2.17. The molecule has 6 aromatic carbocycles. The van der Waals surface area contributed by atoms with Gasteiger partial charge in [-0.05, 0) is 86.1 Å². The molecule has 0 aliphatic carbocycles. The first-order valence-electron chi connectivity index (χ1n) is 15.5. The Balaban J connectivity index is 1.32. The minimum Gasteiger partial charge on any atom is -0.255 e. The Morgan fingerprint density at radius 2 is 0.957 bits per heavy atom. The monoisotopic (exact) mass is 585 g/mol. The smallest absolute Gasteiger partial charge is 0.0886 e. The Kier molecular flexibility index (Phi) is 6.14. The van der Waals surface area contributed by atoms with Crippen LogP contribution < -0.4 is 0 Å². The molecular formula is C43H27N3. The highest BCUT2D eigenvalue weighted by molar-refractivity contribution is 6.16. The van der Waals surface area contributed by atoms with Crippen LogP contribution >= 0.6 is 0 Å². The molecule has 0 unspecified atom stereocenters. The summed E-state index contributed by atoms with van der Waals surface area (Å²) in [5.41, 5.74) is 9.21. The van der Waals surface area contributed by atoms with Gasteiger partial charge in [0.1, 0.15) is 0 Å². The summed E-state index contributed by atoms with van der Waals surface area (Å²) in [6.45, 7) is 0. The lowest BCUT2D eigenvalue weighted by atomic mass is 9.90. The summed E-state index contributed by atoms with van der Waals surface area (Å²) in [5.74, 6) is 0. The molecule has 0 atom stereocenters. The zero-order valence-corrected chi connectivity index (χ0v) is 24.9. The molecule has 0 N–H and O–H groups in total. The van der Waals surface area contributed by atoms with Crippen LogP contribution in [0.25, 0.3) is 88.1 Å². The van der Waals surface area contributed by atoms with Gasteiger partial charge in [0.2, 0.25) is 0 Å². The van der Waals surface area contributed by atoms with Crippen molar-refractivity contribution in [3.63, 3.8) is 0 Å². The van der Waals surface area contributed by atoms with Crippen molar-refractivity contribution in [2.75, 3.05) is 0 Å². The molecule has 0 aliphatic heterocycles. The Labute approximate surface area is 266 Å². The van der Waals surface area contributed by atoms with Crippen LogP contribution in [-0.4, -0.2) is 15.0 Å². The average Bonchev–Trinajstić information content (AvgIpc) is 3.14. The first-order valence-corrected chi connectivity index (χ1v) is 15.5. The molecular weight excluding hydrogens is 558 g/mol. The van der Waals surface area contributed by atoms with Crippen molar-refractivity contribution in [1.82, 2.24) is 15.0 Å². The summed E-state index contributed by atoms with van der Waals surface area (Å²) in [4.78, 5) is 14.8. The van der Waals surface area contributed by atoms with Gasteiger partial charge < -0.3 is 0 Å².